The largest absolute Gasteiger partial charge is 0.344 e. The van der Waals surface area contributed by atoms with Gasteiger partial charge in [0.2, 0.25) is 11.8 Å². The van der Waals surface area contributed by atoms with E-state index < -0.39 is 6.04 Å². The second-order valence-corrected chi connectivity index (χ2v) is 7.49. The van der Waals surface area contributed by atoms with Crippen molar-refractivity contribution < 1.29 is 9.59 Å². The first-order chi connectivity index (χ1) is 12.1. The molecule has 2 amide bonds. The van der Waals surface area contributed by atoms with Crippen molar-refractivity contribution in [1.82, 2.24) is 10.2 Å². The molecule has 2 fully saturated rings. The molecule has 0 radical (unpaired) electrons. The second-order valence-electron chi connectivity index (χ2n) is 7.49. The topological polar surface area (TPSA) is 75.4 Å². The van der Waals surface area contributed by atoms with Crippen LogP contribution in [0.4, 0.5) is 0 Å². The van der Waals surface area contributed by atoms with Crippen LogP contribution in [0, 0.1) is 5.92 Å². The van der Waals surface area contributed by atoms with Crippen LogP contribution in [-0.4, -0.2) is 41.9 Å². The molecule has 5 nitrogen and oxygen atoms in total. The Balaban J connectivity index is 0.00000243. The monoisotopic (exact) mass is 379 g/mol. The van der Waals surface area contributed by atoms with Crippen LogP contribution in [0.15, 0.2) is 30.3 Å². The summed E-state index contributed by atoms with van der Waals surface area (Å²) < 4.78 is 0. The third-order valence-electron chi connectivity index (χ3n) is 5.61. The number of carbonyl (C=O) groups excluding carboxylic acids is 2. The molecule has 26 heavy (non-hydrogen) atoms. The number of likely N-dealkylation sites (tertiary alicyclic amines) is 1. The van der Waals surface area contributed by atoms with Gasteiger partial charge in [0.25, 0.3) is 0 Å². The van der Waals surface area contributed by atoms with Gasteiger partial charge in [-0.2, -0.15) is 0 Å². The maximum absolute atomic E-state index is 12.7. The highest BCUT2D eigenvalue weighted by atomic mass is 35.5. The van der Waals surface area contributed by atoms with Gasteiger partial charge < -0.3 is 16.0 Å². The summed E-state index contributed by atoms with van der Waals surface area (Å²) in [6.45, 7) is 2.94. The van der Waals surface area contributed by atoms with E-state index in [4.69, 9.17) is 5.73 Å². The molecule has 3 atom stereocenters. The average Bonchev–Trinajstić information content (AvgIpc) is 3.04. The molecule has 6 heteroatoms. The predicted octanol–water partition coefficient (Wildman–Crippen LogP) is 2.45. The molecule has 144 valence electrons. The van der Waals surface area contributed by atoms with Gasteiger partial charge >= 0.3 is 0 Å². The van der Waals surface area contributed by atoms with Gasteiger partial charge in [-0.05, 0) is 25.3 Å². The van der Waals surface area contributed by atoms with Crippen LogP contribution in [-0.2, 0) is 9.59 Å². The van der Waals surface area contributed by atoms with Gasteiger partial charge in [0.1, 0.15) is 6.04 Å². The fourth-order valence-electron chi connectivity index (χ4n) is 4.09. The predicted molar refractivity (Wildman–Crippen MR) is 105 cm³/mol. The zero-order valence-electron chi connectivity index (χ0n) is 15.4. The SMILES string of the molecule is C[C@H](NC(=O)C1CCCCC1)C(=O)N1C[C@@H](N)[C@H](c2ccccc2)C1.Cl. The molecular formula is C20H30ClN3O2. The zero-order chi connectivity index (χ0) is 17.8. The highest BCUT2D eigenvalue weighted by Gasteiger charge is 2.36. The molecule has 1 aromatic rings. The molecule has 0 bridgehead atoms. The number of rotatable bonds is 4. The quantitative estimate of drug-likeness (QED) is 0.843. The maximum atomic E-state index is 12.7. The molecular weight excluding hydrogens is 350 g/mol. The fourth-order valence-corrected chi connectivity index (χ4v) is 4.09. The summed E-state index contributed by atoms with van der Waals surface area (Å²) in [5, 5.41) is 2.92. The Bertz CT molecular complexity index is 604. The van der Waals surface area contributed by atoms with Gasteiger partial charge in [-0.25, -0.2) is 0 Å². The molecule has 1 aromatic carbocycles. The van der Waals surface area contributed by atoms with E-state index in [1.54, 1.807) is 11.8 Å². The highest BCUT2D eigenvalue weighted by Crippen LogP contribution is 2.27. The van der Waals surface area contributed by atoms with E-state index in [-0.39, 0.29) is 42.1 Å². The summed E-state index contributed by atoms with van der Waals surface area (Å²) in [5.41, 5.74) is 7.45. The lowest BCUT2D eigenvalue weighted by molar-refractivity contribution is -0.136. The standard InChI is InChI=1S/C20H29N3O2.ClH/c1-14(22-19(24)16-10-6-3-7-11-16)20(25)23-12-17(18(21)13-23)15-8-4-2-5-9-15;/h2,4-5,8-9,14,16-18H,3,6-7,10-13,21H2,1H3,(H,22,24);1H/t14-,17-,18+;/m0./s1. The summed E-state index contributed by atoms with van der Waals surface area (Å²) in [7, 11) is 0. The molecule has 1 aliphatic carbocycles. The van der Waals surface area contributed by atoms with Crippen LogP contribution in [0.5, 0.6) is 0 Å². The Morgan fingerprint density at radius 3 is 2.42 bits per heavy atom. The molecule has 1 heterocycles. The third-order valence-corrected chi connectivity index (χ3v) is 5.61. The number of benzene rings is 1. The number of nitrogens with one attached hydrogen (secondary N) is 1. The lowest BCUT2D eigenvalue weighted by Crippen LogP contribution is -2.48. The minimum atomic E-state index is -0.490. The first kappa shape index (κ1) is 20.7. The Morgan fingerprint density at radius 1 is 1.12 bits per heavy atom. The van der Waals surface area contributed by atoms with Gasteiger partial charge in [-0.3, -0.25) is 9.59 Å². The molecule has 1 saturated heterocycles. The Labute approximate surface area is 162 Å². The van der Waals surface area contributed by atoms with E-state index in [2.05, 4.69) is 17.4 Å². The Kier molecular flexibility index (Phi) is 7.47. The lowest BCUT2D eigenvalue weighted by Gasteiger charge is -2.25. The summed E-state index contributed by atoms with van der Waals surface area (Å²) >= 11 is 0. The van der Waals surface area contributed by atoms with E-state index in [0.717, 1.165) is 25.7 Å². The normalized spacial score (nSPS) is 24.6. The third kappa shape index (κ3) is 4.77. The van der Waals surface area contributed by atoms with Crippen molar-refractivity contribution in [3.8, 4) is 0 Å². The maximum Gasteiger partial charge on any atom is 0.244 e. The summed E-state index contributed by atoms with van der Waals surface area (Å²) in [5.74, 6) is 0.231. The van der Waals surface area contributed by atoms with Crippen molar-refractivity contribution in [2.45, 2.75) is 57.0 Å². The van der Waals surface area contributed by atoms with Gasteiger partial charge in [-0.15, -0.1) is 12.4 Å². The van der Waals surface area contributed by atoms with Crippen LogP contribution in [0.3, 0.4) is 0 Å². The molecule has 2 aliphatic rings. The first-order valence-corrected chi connectivity index (χ1v) is 9.46. The Hall–Kier alpha value is -1.59. The molecule has 0 spiro atoms. The number of hydrogen-bond donors (Lipinski definition) is 2. The molecule has 1 aliphatic heterocycles. The van der Waals surface area contributed by atoms with Crippen LogP contribution >= 0.6 is 12.4 Å². The molecule has 0 aromatic heterocycles. The average molecular weight is 380 g/mol. The summed E-state index contributed by atoms with van der Waals surface area (Å²) in [6, 6.07) is 9.55. The van der Waals surface area contributed by atoms with E-state index in [9.17, 15) is 9.59 Å². The van der Waals surface area contributed by atoms with Crippen LogP contribution < -0.4 is 11.1 Å². The lowest BCUT2D eigenvalue weighted by atomic mass is 9.88. The van der Waals surface area contributed by atoms with Crippen molar-refractivity contribution in [3.63, 3.8) is 0 Å². The van der Waals surface area contributed by atoms with Crippen molar-refractivity contribution in [2.24, 2.45) is 11.7 Å². The van der Waals surface area contributed by atoms with E-state index >= 15 is 0 Å². The second kappa shape index (κ2) is 9.38. The summed E-state index contributed by atoms with van der Waals surface area (Å²) in [6.07, 6.45) is 5.32. The van der Waals surface area contributed by atoms with E-state index in [1.165, 1.54) is 12.0 Å². The van der Waals surface area contributed by atoms with Crippen molar-refractivity contribution >= 4 is 24.2 Å². The molecule has 0 unspecified atom stereocenters. The van der Waals surface area contributed by atoms with Gasteiger partial charge in [0, 0.05) is 31.0 Å². The first-order valence-electron chi connectivity index (χ1n) is 9.46. The number of hydrogen-bond acceptors (Lipinski definition) is 3. The number of halogens is 1. The minimum absolute atomic E-state index is 0. The zero-order valence-corrected chi connectivity index (χ0v) is 16.2. The summed E-state index contributed by atoms with van der Waals surface area (Å²) in [4.78, 5) is 26.9. The smallest absolute Gasteiger partial charge is 0.244 e. The fraction of sp³-hybridized carbons (Fsp3) is 0.600. The minimum Gasteiger partial charge on any atom is -0.344 e. The number of nitrogens with two attached hydrogens (primary N) is 1. The van der Waals surface area contributed by atoms with E-state index in [0.29, 0.717) is 13.1 Å². The number of nitrogens with zero attached hydrogens (tertiary/aromatic N) is 1. The molecule has 1 saturated carbocycles. The van der Waals surface area contributed by atoms with Crippen LogP contribution in [0.1, 0.15) is 50.5 Å². The van der Waals surface area contributed by atoms with Gasteiger partial charge in [0.15, 0.2) is 0 Å². The molecule has 3 N–H and O–H groups in total. The number of amides is 2. The van der Waals surface area contributed by atoms with E-state index in [1.807, 2.05) is 18.2 Å². The highest BCUT2D eigenvalue weighted by molar-refractivity contribution is 5.88. The van der Waals surface area contributed by atoms with Crippen LogP contribution in [0.25, 0.3) is 0 Å². The van der Waals surface area contributed by atoms with Crippen LogP contribution in [0.2, 0.25) is 0 Å². The van der Waals surface area contributed by atoms with Crippen molar-refractivity contribution in [3.05, 3.63) is 35.9 Å². The van der Waals surface area contributed by atoms with Crippen molar-refractivity contribution in [2.75, 3.05) is 13.1 Å². The van der Waals surface area contributed by atoms with Gasteiger partial charge in [-0.1, -0.05) is 49.6 Å². The van der Waals surface area contributed by atoms with Crippen molar-refractivity contribution in [1.29, 1.82) is 0 Å². The molecule has 3 rings (SSSR count). The van der Waals surface area contributed by atoms with Gasteiger partial charge in [0.05, 0.1) is 0 Å². The number of carbonyl (C=O) groups is 2. The Morgan fingerprint density at radius 2 is 1.77 bits per heavy atom.